The Morgan fingerprint density at radius 2 is 1.58 bits per heavy atom. The van der Waals surface area contributed by atoms with Crippen LogP contribution in [0.5, 0.6) is 0 Å². The van der Waals surface area contributed by atoms with E-state index in [-0.39, 0.29) is 11.7 Å². The molecular weight excluding hydrogens is 348 g/mol. The number of amides is 1. The second-order valence-corrected chi connectivity index (χ2v) is 10.7. The van der Waals surface area contributed by atoms with Gasteiger partial charge in [0.2, 0.25) is 10.0 Å². The van der Waals surface area contributed by atoms with Gasteiger partial charge in [0.05, 0.1) is 11.4 Å². The van der Waals surface area contributed by atoms with Crippen molar-refractivity contribution in [2.24, 2.45) is 17.8 Å². The molecule has 0 N–H and O–H groups in total. The molecule has 2 saturated carbocycles. The molecule has 6 heteroatoms. The number of rotatable bonds is 2. The van der Waals surface area contributed by atoms with E-state index in [9.17, 15) is 13.2 Å². The van der Waals surface area contributed by atoms with Crippen LogP contribution >= 0.6 is 0 Å². The van der Waals surface area contributed by atoms with Crippen molar-refractivity contribution < 1.29 is 13.2 Å². The number of fused-ring (bicyclic) bond motifs is 1. The van der Waals surface area contributed by atoms with Crippen LogP contribution in [0, 0.1) is 17.8 Å². The lowest BCUT2D eigenvalue weighted by Gasteiger charge is -2.39. The molecule has 5 nitrogen and oxygen atoms in total. The van der Waals surface area contributed by atoms with Gasteiger partial charge in [-0.2, -0.15) is 0 Å². The molecule has 2 unspecified atom stereocenters. The molecular formula is C20H26N2O3S. The van der Waals surface area contributed by atoms with Crippen LogP contribution in [0.4, 0.5) is 5.69 Å². The lowest BCUT2D eigenvalue weighted by molar-refractivity contribution is 0.0632. The van der Waals surface area contributed by atoms with E-state index in [0.717, 1.165) is 18.4 Å². The van der Waals surface area contributed by atoms with E-state index in [0.29, 0.717) is 36.2 Å². The lowest BCUT2D eigenvalue weighted by atomic mass is 9.68. The standard InChI is InChI=1S/C20H26N2O3S/c23-20(21-13-16-9-14-8-15(10-16)12-19(21)11-14)17-2-4-18(5-3-17)22-6-1-7-26(22,24)25/h2-5,14-16,19H,1,6-13H2. The van der Waals surface area contributed by atoms with Crippen LogP contribution in [0.3, 0.4) is 0 Å². The normalized spacial score (nSPS) is 34.9. The summed E-state index contributed by atoms with van der Waals surface area (Å²) in [5.74, 6) is 2.65. The number of sulfonamides is 1. The molecule has 3 heterocycles. The molecule has 4 bridgehead atoms. The number of carbonyl (C=O) groups excluding carboxylic acids is 1. The molecule has 0 aromatic heterocycles. The number of benzene rings is 1. The summed E-state index contributed by atoms with van der Waals surface area (Å²) in [4.78, 5) is 15.3. The summed E-state index contributed by atoms with van der Waals surface area (Å²) in [6.45, 7) is 1.44. The maximum absolute atomic E-state index is 13.2. The van der Waals surface area contributed by atoms with Crippen LogP contribution in [0.15, 0.2) is 24.3 Å². The first kappa shape index (κ1) is 16.6. The molecule has 2 atom stereocenters. The third-order valence-electron chi connectivity index (χ3n) is 6.87. The molecule has 1 amide bonds. The Labute approximate surface area is 155 Å². The molecule has 3 saturated heterocycles. The quantitative estimate of drug-likeness (QED) is 0.800. The highest BCUT2D eigenvalue weighted by Gasteiger charge is 2.44. The van der Waals surface area contributed by atoms with Crippen LogP contribution in [-0.2, 0) is 10.0 Å². The van der Waals surface area contributed by atoms with Crippen molar-refractivity contribution in [3.8, 4) is 0 Å². The van der Waals surface area contributed by atoms with Gasteiger partial charge in [-0.15, -0.1) is 0 Å². The molecule has 1 aromatic rings. The van der Waals surface area contributed by atoms with E-state index in [4.69, 9.17) is 0 Å². The first-order valence-electron chi connectivity index (χ1n) is 9.91. The average Bonchev–Trinajstić information content (AvgIpc) is 2.85. The summed E-state index contributed by atoms with van der Waals surface area (Å²) < 4.78 is 25.6. The molecule has 0 radical (unpaired) electrons. The van der Waals surface area contributed by atoms with Gasteiger partial charge in [0.1, 0.15) is 0 Å². The van der Waals surface area contributed by atoms with E-state index < -0.39 is 10.0 Å². The van der Waals surface area contributed by atoms with Crippen molar-refractivity contribution in [1.29, 1.82) is 0 Å². The summed E-state index contributed by atoms with van der Waals surface area (Å²) in [5, 5.41) is 0. The molecule has 5 fully saturated rings. The van der Waals surface area contributed by atoms with E-state index >= 15 is 0 Å². The Bertz CT molecular complexity index is 806. The topological polar surface area (TPSA) is 57.7 Å². The predicted molar refractivity (Wildman–Crippen MR) is 101 cm³/mol. The van der Waals surface area contributed by atoms with Crippen molar-refractivity contribution in [3.05, 3.63) is 29.8 Å². The SMILES string of the molecule is O=C(c1ccc(N2CCCS2(=O)=O)cc1)N1CC2CC3CC(C2)CC1C3. The summed E-state index contributed by atoms with van der Waals surface area (Å²) >= 11 is 0. The number of anilines is 1. The summed E-state index contributed by atoms with van der Waals surface area (Å²) in [6, 6.07) is 7.59. The van der Waals surface area contributed by atoms with E-state index in [1.54, 1.807) is 24.3 Å². The van der Waals surface area contributed by atoms with Gasteiger partial charge in [0.15, 0.2) is 0 Å². The first-order chi connectivity index (χ1) is 12.5. The minimum Gasteiger partial charge on any atom is -0.335 e. The third-order valence-corrected chi connectivity index (χ3v) is 8.74. The first-order valence-corrected chi connectivity index (χ1v) is 11.5. The molecule has 140 valence electrons. The highest BCUT2D eigenvalue weighted by Crippen LogP contribution is 2.47. The van der Waals surface area contributed by atoms with Crippen molar-refractivity contribution >= 4 is 21.6 Å². The minimum absolute atomic E-state index is 0.124. The number of nitrogens with zero attached hydrogens (tertiary/aromatic N) is 2. The van der Waals surface area contributed by atoms with Gasteiger partial charge in [-0.25, -0.2) is 8.42 Å². The highest BCUT2D eigenvalue weighted by molar-refractivity contribution is 7.93. The second kappa shape index (κ2) is 5.98. The molecule has 26 heavy (non-hydrogen) atoms. The van der Waals surface area contributed by atoms with Crippen LogP contribution in [0.2, 0.25) is 0 Å². The number of carbonyl (C=O) groups is 1. The summed E-state index contributed by atoms with van der Waals surface area (Å²) in [7, 11) is -3.17. The highest BCUT2D eigenvalue weighted by atomic mass is 32.2. The maximum atomic E-state index is 13.2. The Balaban J connectivity index is 1.37. The van der Waals surface area contributed by atoms with Gasteiger partial charge in [-0.05, 0) is 80.5 Å². The van der Waals surface area contributed by atoms with Crippen molar-refractivity contribution in [2.75, 3.05) is 23.1 Å². The molecule has 5 aliphatic rings. The average molecular weight is 375 g/mol. The lowest BCUT2D eigenvalue weighted by Crippen LogP contribution is -2.42. The predicted octanol–water partition coefficient (Wildman–Crippen LogP) is 2.88. The largest absolute Gasteiger partial charge is 0.335 e. The molecule has 3 aliphatic heterocycles. The third kappa shape index (κ3) is 2.73. The van der Waals surface area contributed by atoms with Crippen molar-refractivity contribution in [2.45, 2.75) is 44.6 Å². The zero-order valence-corrected chi connectivity index (χ0v) is 15.8. The Hall–Kier alpha value is -1.56. The maximum Gasteiger partial charge on any atom is 0.254 e. The van der Waals surface area contributed by atoms with Crippen LogP contribution in [-0.4, -0.2) is 44.1 Å². The van der Waals surface area contributed by atoms with E-state index in [1.807, 2.05) is 0 Å². The minimum atomic E-state index is -3.17. The van der Waals surface area contributed by atoms with Gasteiger partial charge < -0.3 is 4.90 Å². The number of hydrogen-bond donors (Lipinski definition) is 0. The molecule has 2 aliphatic carbocycles. The van der Waals surface area contributed by atoms with E-state index in [1.165, 1.54) is 36.4 Å². The molecule has 1 aromatic carbocycles. The molecule has 0 spiro atoms. The van der Waals surface area contributed by atoms with Crippen LogP contribution in [0.1, 0.15) is 48.9 Å². The fraction of sp³-hybridized carbons (Fsp3) is 0.650. The smallest absolute Gasteiger partial charge is 0.254 e. The van der Waals surface area contributed by atoms with Gasteiger partial charge in [-0.1, -0.05) is 0 Å². The van der Waals surface area contributed by atoms with Gasteiger partial charge in [0, 0.05) is 24.7 Å². The fourth-order valence-corrected chi connectivity index (χ4v) is 7.46. The van der Waals surface area contributed by atoms with Crippen LogP contribution in [0.25, 0.3) is 0 Å². The monoisotopic (exact) mass is 374 g/mol. The summed E-state index contributed by atoms with van der Waals surface area (Å²) in [6.07, 6.45) is 6.97. The fourth-order valence-electron chi connectivity index (χ4n) is 5.90. The Morgan fingerprint density at radius 1 is 0.923 bits per heavy atom. The van der Waals surface area contributed by atoms with E-state index in [2.05, 4.69) is 4.90 Å². The second-order valence-electron chi connectivity index (χ2n) is 8.68. The van der Waals surface area contributed by atoms with Gasteiger partial charge in [-0.3, -0.25) is 9.10 Å². The van der Waals surface area contributed by atoms with Crippen molar-refractivity contribution in [3.63, 3.8) is 0 Å². The van der Waals surface area contributed by atoms with Crippen LogP contribution < -0.4 is 4.31 Å². The zero-order chi connectivity index (χ0) is 17.9. The van der Waals surface area contributed by atoms with Crippen molar-refractivity contribution in [1.82, 2.24) is 4.90 Å². The number of hydrogen-bond acceptors (Lipinski definition) is 3. The molecule has 6 rings (SSSR count). The van der Waals surface area contributed by atoms with Gasteiger partial charge >= 0.3 is 0 Å². The Morgan fingerprint density at radius 3 is 2.19 bits per heavy atom. The zero-order valence-electron chi connectivity index (χ0n) is 15.0. The summed E-state index contributed by atoms with van der Waals surface area (Å²) in [5.41, 5.74) is 1.36. The van der Waals surface area contributed by atoms with Gasteiger partial charge in [0.25, 0.3) is 5.91 Å². The Kier molecular flexibility index (Phi) is 3.82.